The second kappa shape index (κ2) is 6.25. The molecule has 0 atom stereocenters. The monoisotopic (exact) mass is 305 g/mol. The maximum atomic E-state index is 11.7. The summed E-state index contributed by atoms with van der Waals surface area (Å²) in [6.45, 7) is 2.95. The standard InChI is InChI=1S/C12H16ClNO4S/c1-8(2)19(16,17)7-6-18-12(15)9-4-3-5-10(14)11(9)13/h3-5,8H,6-7,14H2,1-2H3. The van der Waals surface area contributed by atoms with E-state index >= 15 is 0 Å². The number of rotatable bonds is 5. The summed E-state index contributed by atoms with van der Waals surface area (Å²) >= 11 is 5.86. The Hall–Kier alpha value is -1.27. The molecular formula is C12H16ClNO4S. The summed E-state index contributed by atoms with van der Waals surface area (Å²) in [5, 5.41) is -0.388. The number of carbonyl (C=O) groups is 1. The minimum atomic E-state index is -3.23. The normalized spacial score (nSPS) is 11.6. The smallest absolute Gasteiger partial charge is 0.339 e. The maximum absolute atomic E-state index is 11.7. The molecule has 0 radical (unpaired) electrons. The molecule has 1 rings (SSSR count). The van der Waals surface area contributed by atoms with Crippen molar-refractivity contribution in [1.82, 2.24) is 0 Å². The molecule has 0 aliphatic carbocycles. The Morgan fingerprint density at radius 2 is 2.05 bits per heavy atom. The van der Waals surface area contributed by atoms with Gasteiger partial charge in [-0.15, -0.1) is 0 Å². The lowest BCUT2D eigenvalue weighted by molar-refractivity contribution is 0.0529. The van der Waals surface area contributed by atoms with Crippen LogP contribution in [0.4, 0.5) is 5.69 Å². The number of ether oxygens (including phenoxy) is 1. The highest BCUT2D eigenvalue weighted by molar-refractivity contribution is 7.91. The molecule has 0 unspecified atom stereocenters. The van der Waals surface area contributed by atoms with Crippen LogP contribution in [0.25, 0.3) is 0 Å². The van der Waals surface area contributed by atoms with E-state index in [9.17, 15) is 13.2 Å². The number of carbonyl (C=O) groups excluding carboxylic acids is 1. The van der Waals surface area contributed by atoms with Crippen LogP contribution in [-0.2, 0) is 14.6 Å². The third-order valence-electron chi connectivity index (χ3n) is 2.57. The predicted molar refractivity (Wildman–Crippen MR) is 75.1 cm³/mol. The number of esters is 1. The number of anilines is 1. The predicted octanol–water partition coefficient (Wildman–Crippen LogP) is 1.90. The largest absolute Gasteiger partial charge is 0.461 e. The zero-order valence-electron chi connectivity index (χ0n) is 10.7. The lowest BCUT2D eigenvalue weighted by Gasteiger charge is -2.09. The van der Waals surface area contributed by atoms with Gasteiger partial charge in [0.2, 0.25) is 0 Å². The molecule has 0 spiro atoms. The number of hydrogen-bond donors (Lipinski definition) is 1. The van der Waals surface area contributed by atoms with Gasteiger partial charge in [-0.25, -0.2) is 13.2 Å². The molecular weight excluding hydrogens is 290 g/mol. The van der Waals surface area contributed by atoms with Crippen molar-refractivity contribution in [3.05, 3.63) is 28.8 Å². The molecule has 0 aliphatic rings. The fourth-order valence-corrected chi connectivity index (χ4v) is 2.26. The SMILES string of the molecule is CC(C)S(=O)(=O)CCOC(=O)c1cccc(N)c1Cl. The van der Waals surface area contributed by atoms with Gasteiger partial charge < -0.3 is 10.5 Å². The molecule has 1 aromatic rings. The molecule has 0 amide bonds. The highest BCUT2D eigenvalue weighted by atomic mass is 35.5. The number of benzene rings is 1. The molecule has 2 N–H and O–H groups in total. The zero-order valence-corrected chi connectivity index (χ0v) is 12.3. The Morgan fingerprint density at radius 1 is 1.42 bits per heavy atom. The van der Waals surface area contributed by atoms with Crippen molar-refractivity contribution in [1.29, 1.82) is 0 Å². The zero-order chi connectivity index (χ0) is 14.6. The van der Waals surface area contributed by atoms with Crippen LogP contribution >= 0.6 is 11.6 Å². The molecule has 0 saturated heterocycles. The highest BCUT2D eigenvalue weighted by Gasteiger charge is 2.18. The number of sulfone groups is 1. The number of halogens is 1. The van der Waals surface area contributed by atoms with Gasteiger partial charge in [-0.3, -0.25) is 0 Å². The van der Waals surface area contributed by atoms with Gasteiger partial charge in [-0.1, -0.05) is 17.7 Å². The third kappa shape index (κ3) is 4.11. The number of nitrogens with two attached hydrogens (primary N) is 1. The van der Waals surface area contributed by atoms with Crippen LogP contribution in [0.3, 0.4) is 0 Å². The van der Waals surface area contributed by atoms with Gasteiger partial charge in [0.15, 0.2) is 9.84 Å². The van der Waals surface area contributed by atoms with Gasteiger partial charge in [0.05, 0.1) is 27.3 Å². The topological polar surface area (TPSA) is 86.5 Å². The molecule has 0 aromatic heterocycles. The Labute approximate surface area is 117 Å². The summed E-state index contributed by atoms with van der Waals surface area (Å²) in [5.74, 6) is -0.896. The fourth-order valence-electron chi connectivity index (χ4n) is 1.27. The fraction of sp³-hybridized carbons (Fsp3) is 0.417. The summed E-state index contributed by atoms with van der Waals surface area (Å²) in [6, 6.07) is 4.60. The summed E-state index contributed by atoms with van der Waals surface area (Å²) in [4.78, 5) is 11.7. The van der Waals surface area contributed by atoms with E-state index in [0.29, 0.717) is 0 Å². The first-order valence-corrected chi connectivity index (χ1v) is 7.77. The van der Waals surface area contributed by atoms with E-state index in [4.69, 9.17) is 22.1 Å². The molecule has 1 aromatic carbocycles. The molecule has 7 heteroatoms. The van der Waals surface area contributed by atoms with Gasteiger partial charge in [0.25, 0.3) is 0 Å². The maximum Gasteiger partial charge on any atom is 0.339 e. The van der Waals surface area contributed by atoms with Crippen molar-refractivity contribution in [3.8, 4) is 0 Å². The van der Waals surface area contributed by atoms with Crippen molar-refractivity contribution in [2.75, 3.05) is 18.1 Å². The van der Waals surface area contributed by atoms with Crippen LogP contribution in [0.2, 0.25) is 5.02 Å². The van der Waals surface area contributed by atoms with E-state index in [1.807, 2.05) is 0 Å². The first kappa shape index (κ1) is 15.8. The van der Waals surface area contributed by atoms with Crippen molar-refractivity contribution >= 4 is 33.1 Å². The molecule has 106 valence electrons. The average Bonchev–Trinajstić information content (AvgIpc) is 2.32. The first-order valence-electron chi connectivity index (χ1n) is 5.68. The first-order chi connectivity index (χ1) is 8.75. The van der Waals surface area contributed by atoms with Gasteiger partial charge in [-0.2, -0.15) is 0 Å². The molecule has 0 saturated carbocycles. The average molecular weight is 306 g/mol. The molecule has 5 nitrogen and oxygen atoms in total. The van der Waals surface area contributed by atoms with Crippen LogP contribution in [0.15, 0.2) is 18.2 Å². The quantitative estimate of drug-likeness (QED) is 0.663. The number of hydrogen-bond acceptors (Lipinski definition) is 5. The second-order valence-electron chi connectivity index (χ2n) is 4.26. The summed E-state index contributed by atoms with van der Waals surface area (Å²) in [7, 11) is -3.23. The van der Waals surface area contributed by atoms with Crippen LogP contribution in [-0.4, -0.2) is 32.0 Å². The van der Waals surface area contributed by atoms with E-state index in [1.54, 1.807) is 26.0 Å². The van der Waals surface area contributed by atoms with E-state index in [0.717, 1.165) is 0 Å². The number of nitrogen functional groups attached to an aromatic ring is 1. The van der Waals surface area contributed by atoms with Gasteiger partial charge in [0, 0.05) is 0 Å². The molecule has 0 fully saturated rings. The summed E-state index contributed by atoms with van der Waals surface area (Å²) in [5.41, 5.74) is 5.96. The van der Waals surface area contributed by atoms with E-state index in [1.165, 1.54) is 6.07 Å². The van der Waals surface area contributed by atoms with Crippen molar-refractivity contribution in [2.45, 2.75) is 19.1 Å². The third-order valence-corrected chi connectivity index (χ3v) is 5.16. The van der Waals surface area contributed by atoms with E-state index < -0.39 is 21.1 Å². The lowest BCUT2D eigenvalue weighted by Crippen LogP contribution is -2.22. The Morgan fingerprint density at radius 3 is 2.63 bits per heavy atom. The highest BCUT2D eigenvalue weighted by Crippen LogP contribution is 2.23. The van der Waals surface area contributed by atoms with Crippen LogP contribution in [0.5, 0.6) is 0 Å². The summed E-state index contributed by atoms with van der Waals surface area (Å²) in [6.07, 6.45) is 0. The van der Waals surface area contributed by atoms with Gasteiger partial charge in [0.1, 0.15) is 6.61 Å². The van der Waals surface area contributed by atoms with Gasteiger partial charge in [-0.05, 0) is 26.0 Å². The van der Waals surface area contributed by atoms with Crippen molar-refractivity contribution in [2.24, 2.45) is 0 Å². The lowest BCUT2D eigenvalue weighted by atomic mass is 10.2. The summed E-state index contributed by atoms with van der Waals surface area (Å²) < 4.78 is 28.0. The van der Waals surface area contributed by atoms with Crippen molar-refractivity contribution < 1.29 is 17.9 Å². The van der Waals surface area contributed by atoms with Crippen LogP contribution in [0.1, 0.15) is 24.2 Å². The van der Waals surface area contributed by atoms with E-state index in [2.05, 4.69) is 0 Å². The molecule has 19 heavy (non-hydrogen) atoms. The minimum Gasteiger partial charge on any atom is -0.461 e. The molecule has 0 aliphatic heterocycles. The Balaban J connectivity index is 2.65. The molecule has 0 heterocycles. The Bertz CT molecular complexity index is 569. The molecule has 0 bridgehead atoms. The Kier molecular flexibility index (Phi) is 5.20. The van der Waals surface area contributed by atoms with Crippen LogP contribution < -0.4 is 5.73 Å². The second-order valence-corrected chi connectivity index (χ2v) is 7.32. The van der Waals surface area contributed by atoms with Crippen molar-refractivity contribution in [3.63, 3.8) is 0 Å². The minimum absolute atomic E-state index is 0.110. The van der Waals surface area contributed by atoms with Crippen LogP contribution in [0, 0.1) is 0 Å². The van der Waals surface area contributed by atoms with E-state index in [-0.39, 0.29) is 28.6 Å². The van der Waals surface area contributed by atoms with Gasteiger partial charge >= 0.3 is 5.97 Å².